The minimum absolute atomic E-state index is 0.356. The molecule has 2 atom stereocenters. The predicted molar refractivity (Wildman–Crippen MR) is 51.5 cm³/mol. The van der Waals surface area contributed by atoms with Gasteiger partial charge in [-0.2, -0.15) is 0 Å². The Kier molecular flexibility index (Phi) is 4.66. The minimum Gasteiger partial charge on any atom is -0.392 e. The first kappa shape index (κ1) is 10.9. The maximum atomic E-state index is 9.27. The van der Waals surface area contributed by atoms with Crippen LogP contribution in [0.5, 0.6) is 0 Å². The molecule has 1 fully saturated rings. The van der Waals surface area contributed by atoms with E-state index >= 15 is 0 Å². The highest BCUT2D eigenvalue weighted by Crippen LogP contribution is 2.10. The summed E-state index contributed by atoms with van der Waals surface area (Å²) in [4.78, 5) is 2.24. The summed E-state index contributed by atoms with van der Waals surface area (Å²) >= 11 is 0. The predicted octanol–water partition coefficient (Wildman–Crippen LogP) is -0.583. The van der Waals surface area contributed by atoms with Gasteiger partial charge in [-0.3, -0.25) is 0 Å². The quantitative estimate of drug-likeness (QED) is 0.606. The standard InChI is InChI=1S/C9H20N2O2/c1-11(4-2-9(12)6-10)8-3-5-13-7-8/h8-9,12H,2-7,10H2,1H3. The van der Waals surface area contributed by atoms with Crippen LogP contribution >= 0.6 is 0 Å². The average Bonchev–Trinajstić information content (AvgIpc) is 2.66. The van der Waals surface area contributed by atoms with E-state index in [1.165, 1.54) is 0 Å². The van der Waals surface area contributed by atoms with E-state index in [9.17, 15) is 5.11 Å². The third-order valence-electron chi connectivity index (χ3n) is 2.62. The summed E-state index contributed by atoms with van der Waals surface area (Å²) in [5.41, 5.74) is 5.32. The van der Waals surface area contributed by atoms with E-state index in [0.29, 0.717) is 12.6 Å². The van der Waals surface area contributed by atoms with Crippen molar-refractivity contribution in [1.29, 1.82) is 0 Å². The maximum absolute atomic E-state index is 9.27. The first-order chi connectivity index (χ1) is 6.24. The van der Waals surface area contributed by atoms with Gasteiger partial charge in [0, 0.05) is 25.7 Å². The fourth-order valence-corrected chi connectivity index (χ4v) is 1.52. The number of rotatable bonds is 5. The molecule has 4 heteroatoms. The molecule has 1 saturated heterocycles. The second-order valence-corrected chi connectivity index (χ2v) is 3.68. The molecule has 3 N–H and O–H groups in total. The lowest BCUT2D eigenvalue weighted by Gasteiger charge is -2.23. The van der Waals surface area contributed by atoms with Gasteiger partial charge in [-0.05, 0) is 19.9 Å². The number of aliphatic hydroxyl groups is 1. The Hall–Kier alpha value is -0.160. The molecule has 1 rings (SSSR count). The lowest BCUT2D eigenvalue weighted by molar-refractivity contribution is 0.128. The fourth-order valence-electron chi connectivity index (χ4n) is 1.52. The Morgan fingerprint density at radius 3 is 3.00 bits per heavy atom. The zero-order valence-corrected chi connectivity index (χ0v) is 8.28. The Bertz CT molecular complexity index is 138. The van der Waals surface area contributed by atoms with Gasteiger partial charge in [0.1, 0.15) is 0 Å². The van der Waals surface area contributed by atoms with Crippen LogP contribution in [0.4, 0.5) is 0 Å². The molecule has 4 nitrogen and oxygen atoms in total. The molecule has 1 aliphatic rings. The van der Waals surface area contributed by atoms with E-state index in [1.54, 1.807) is 0 Å². The smallest absolute Gasteiger partial charge is 0.0674 e. The highest BCUT2D eigenvalue weighted by molar-refractivity contribution is 4.73. The van der Waals surface area contributed by atoms with Gasteiger partial charge in [-0.1, -0.05) is 0 Å². The zero-order valence-electron chi connectivity index (χ0n) is 8.28. The van der Waals surface area contributed by atoms with Crippen LogP contribution in [0.15, 0.2) is 0 Å². The van der Waals surface area contributed by atoms with Crippen molar-refractivity contribution in [3.8, 4) is 0 Å². The van der Waals surface area contributed by atoms with Crippen molar-refractivity contribution in [2.24, 2.45) is 5.73 Å². The second-order valence-electron chi connectivity index (χ2n) is 3.68. The number of hydrogen-bond acceptors (Lipinski definition) is 4. The van der Waals surface area contributed by atoms with E-state index in [2.05, 4.69) is 11.9 Å². The van der Waals surface area contributed by atoms with Gasteiger partial charge < -0.3 is 20.5 Å². The van der Waals surface area contributed by atoms with Crippen LogP contribution in [-0.2, 0) is 4.74 Å². The number of aliphatic hydroxyl groups excluding tert-OH is 1. The molecule has 0 aromatic heterocycles. The summed E-state index contributed by atoms with van der Waals surface area (Å²) in [7, 11) is 2.07. The number of likely N-dealkylation sites (N-methyl/N-ethyl adjacent to an activating group) is 1. The van der Waals surface area contributed by atoms with Crippen LogP contribution < -0.4 is 5.73 Å². The van der Waals surface area contributed by atoms with E-state index < -0.39 is 0 Å². The molecule has 1 aliphatic heterocycles. The summed E-state index contributed by atoms with van der Waals surface area (Å²) in [5, 5.41) is 9.27. The first-order valence-electron chi connectivity index (χ1n) is 4.90. The van der Waals surface area contributed by atoms with E-state index in [4.69, 9.17) is 10.5 Å². The third kappa shape index (κ3) is 3.60. The van der Waals surface area contributed by atoms with Crippen LogP contribution in [0.3, 0.4) is 0 Å². The Morgan fingerprint density at radius 1 is 1.69 bits per heavy atom. The molecule has 0 saturated carbocycles. The van der Waals surface area contributed by atoms with E-state index in [0.717, 1.165) is 32.6 Å². The van der Waals surface area contributed by atoms with Gasteiger partial charge in [0.25, 0.3) is 0 Å². The number of nitrogens with two attached hydrogens (primary N) is 1. The highest BCUT2D eigenvalue weighted by atomic mass is 16.5. The molecule has 78 valence electrons. The van der Waals surface area contributed by atoms with E-state index in [-0.39, 0.29) is 6.10 Å². The molecular weight excluding hydrogens is 168 g/mol. The van der Waals surface area contributed by atoms with Crippen molar-refractivity contribution in [2.75, 3.05) is 33.4 Å². The van der Waals surface area contributed by atoms with Crippen molar-refractivity contribution in [3.63, 3.8) is 0 Å². The Balaban J connectivity index is 2.12. The van der Waals surface area contributed by atoms with Crippen LogP contribution in [0.2, 0.25) is 0 Å². The highest BCUT2D eigenvalue weighted by Gasteiger charge is 2.20. The zero-order chi connectivity index (χ0) is 9.68. The summed E-state index contributed by atoms with van der Waals surface area (Å²) < 4.78 is 5.28. The van der Waals surface area contributed by atoms with Crippen molar-refractivity contribution >= 4 is 0 Å². The van der Waals surface area contributed by atoms with E-state index in [1.807, 2.05) is 0 Å². The molecule has 0 spiro atoms. The molecule has 0 aromatic rings. The lowest BCUT2D eigenvalue weighted by Crippen LogP contribution is -2.35. The van der Waals surface area contributed by atoms with Crippen molar-refractivity contribution in [1.82, 2.24) is 4.90 Å². The molecule has 2 unspecified atom stereocenters. The van der Waals surface area contributed by atoms with Crippen molar-refractivity contribution in [3.05, 3.63) is 0 Å². The largest absolute Gasteiger partial charge is 0.392 e. The number of nitrogens with zero attached hydrogens (tertiary/aromatic N) is 1. The molecule has 13 heavy (non-hydrogen) atoms. The summed E-state index contributed by atoms with van der Waals surface area (Å²) in [6, 6.07) is 0.532. The van der Waals surface area contributed by atoms with Gasteiger partial charge in [0.05, 0.1) is 12.7 Å². The van der Waals surface area contributed by atoms with Crippen LogP contribution in [0, 0.1) is 0 Å². The maximum Gasteiger partial charge on any atom is 0.0674 e. The normalized spacial score (nSPS) is 25.4. The topological polar surface area (TPSA) is 58.7 Å². The van der Waals surface area contributed by atoms with Crippen molar-refractivity contribution in [2.45, 2.75) is 25.0 Å². The van der Waals surface area contributed by atoms with Gasteiger partial charge >= 0.3 is 0 Å². The Morgan fingerprint density at radius 2 is 2.46 bits per heavy atom. The molecule has 0 aromatic carbocycles. The molecule has 0 aliphatic carbocycles. The third-order valence-corrected chi connectivity index (χ3v) is 2.62. The summed E-state index contributed by atoms with van der Waals surface area (Å²) in [6.45, 7) is 2.95. The monoisotopic (exact) mass is 188 g/mol. The first-order valence-corrected chi connectivity index (χ1v) is 4.90. The molecule has 1 heterocycles. The Labute approximate surface area is 79.7 Å². The number of ether oxygens (including phenoxy) is 1. The molecule has 0 amide bonds. The average molecular weight is 188 g/mol. The van der Waals surface area contributed by atoms with Gasteiger partial charge in [-0.25, -0.2) is 0 Å². The molecule has 0 radical (unpaired) electrons. The minimum atomic E-state index is -0.357. The van der Waals surface area contributed by atoms with Gasteiger partial charge in [0.15, 0.2) is 0 Å². The van der Waals surface area contributed by atoms with Gasteiger partial charge in [0.2, 0.25) is 0 Å². The van der Waals surface area contributed by atoms with Crippen LogP contribution in [0.1, 0.15) is 12.8 Å². The second kappa shape index (κ2) is 5.54. The molecular formula is C9H20N2O2. The fraction of sp³-hybridized carbons (Fsp3) is 1.00. The number of hydrogen-bond donors (Lipinski definition) is 2. The van der Waals surface area contributed by atoms with Crippen molar-refractivity contribution < 1.29 is 9.84 Å². The van der Waals surface area contributed by atoms with Gasteiger partial charge in [-0.15, -0.1) is 0 Å². The SMILES string of the molecule is CN(CCC(O)CN)C1CCOC1. The summed E-state index contributed by atoms with van der Waals surface area (Å²) in [6.07, 6.45) is 1.50. The lowest BCUT2D eigenvalue weighted by atomic mass is 10.2. The molecule has 0 bridgehead atoms. The van der Waals surface area contributed by atoms with Crippen LogP contribution in [-0.4, -0.2) is 55.5 Å². The van der Waals surface area contributed by atoms with Crippen LogP contribution in [0.25, 0.3) is 0 Å². The summed E-state index contributed by atoms with van der Waals surface area (Å²) in [5.74, 6) is 0.